The van der Waals surface area contributed by atoms with E-state index in [0.29, 0.717) is 34.2 Å². The molecule has 172 valence electrons. The summed E-state index contributed by atoms with van der Waals surface area (Å²) in [5, 5.41) is 9.14. The Kier molecular flexibility index (Phi) is 5.97. The minimum absolute atomic E-state index is 0.0805. The first-order chi connectivity index (χ1) is 16.0. The van der Waals surface area contributed by atoms with E-state index in [4.69, 9.17) is 5.26 Å². The Hall–Kier alpha value is -2.71. The molecule has 2 atom stereocenters. The topological polar surface area (TPSA) is 60.2 Å². The van der Waals surface area contributed by atoms with E-state index < -0.39 is 0 Å². The largest absolute Gasteiger partial charge is 0.338 e. The van der Waals surface area contributed by atoms with Gasteiger partial charge in [-0.2, -0.15) is 5.26 Å². The summed E-state index contributed by atoms with van der Waals surface area (Å²) in [5.74, 6) is 1.21. The number of aryl methyl sites for hydroxylation is 2. The third kappa shape index (κ3) is 4.17. The van der Waals surface area contributed by atoms with Gasteiger partial charge in [-0.05, 0) is 74.1 Å². The lowest BCUT2D eigenvalue weighted by Gasteiger charge is -2.32. The summed E-state index contributed by atoms with van der Waals surface area (Å²) in [6, 6.07) is 15.0. The maximum Gasteiger partial charge on any atom is 0.255 e. The van der Waals surface area contributed by atoms with Gasteiger partial charge in [0.1, 0.15) is 11.8 Å². The van der Waals surface area contributed by atoms with Crippen LogP contribution in [-0.4, -0.2) is 53.4 Å². The van der Waals surface area contributed by atoms with Gasteiger partial charge in [0.25, 0.3) is 5.91 Å². The highest BCUT2D eigenvalue weighted by molar-refractivity contribution is 5.97. The highest BCUT2D eigenvalue weighted by Crippen LogP contribution is 2.44. The zero-order valence-corrected chi connectivity index (χ0v) is 19.9. The van der Waals surface area contributed by atoms with Crippen molar-refractivity contribution in [2.24, 2.45) is 11.8 Å². The van der Waals surface area contributed by atoms with Crippen molar-refractivity contribution in [1.82, 2.24) is 14.8 Å². The number of carbonyl (C=O) groups excluding carboxylic acids is 1. The molecule has 1 aliphatic carbocycles. The number of fused-ring (bicyclic) bond motifs is 1. The predicted octanol–water partition coefficient (Wildman–Crippen LogP) is 4.48. The van der Waals surface area contributed by atoms with Crippen LogP contribution in [-0.2, 0) is 5.41 Å². The summed E-state index contributed by atoms with van der Waals surface area (Å²) >= 11 is 0. The van der Waals surface area contributed by atoms with Gasteiger partial charge in [-0.15, -0.1) is 0 Å². The molecule has 0 N–H and O–H groups in total. The minimum atomic E-state index is 0.0805. The second kappa shape index (κ2) is 8.91. The first kappa shape index (κ1) is 22.1. The van der Waals surface area contributed by atoms with E-state index >= 15 is 0 Å². The molecule has 33 heavy (non-hydrogen) atoms. The van der Waals surface area contributed by atoms with Crippen LogP contribution in [0.1, 0.15) is 65.0 Å². The van der Waals surface area contributed by atoms with E-state index in [1.54, 1.807) is 6.07 Å². The summed E-state index contributed by atoms with van der Waals surface area (Å²) in [6.07, 6.45) is 6.57. The van der Waals surface area contributed by atoms with E-state index in [1.807, 2.05) is 18.7 Å². The van der Waals surface area contributed by atoms with Crippen molar-refractivity contribution < 1.29 is 4.79 Å². The van der Waals surface area contributed by atoms with Crippen molar-refractivity contribution in [2.75, 3.05) is 32.7 Å². The molecule has 1 saturated carbocycles. The number of aromatic nitrogens is 1. The monoisotopic (exact) mass is 442 g/mol. The van der Waals surface area contributed by atoms with Crippen molar-refractivity contribution >= 4 is 5.91 Å². The number of hydrogen-bond donors (Lipinski definition) is 0. The molecule has 0 bridgehead atoms. The second-order valence-electron chi connectivity index (χ2n) is 10.5. The number of benzene rings is 1. The van der Waals surface area contributed by atoms with E-state index in [-0.39, 0.29) is 5.91 Å². The number of amides is 1. The summed E-state index contributed by atoms with van der Waals surface area (Å²) < 4.78 is 0. The predicted molar refractivity (Wildman–Crippen MR) is 129 cm³/mol. The Morgan fingerprint density at radius 1 is 1.09 bits per heavy atom. The molecule has 2 aromatic rings. The average molecular weight is 443 g/mol. The Bertz CT molecular complexity index is 1030. The molecule has 1 aromatic carbocycles. The van der Waals surface area contributed by atoms with E-state index in [1.165, 1.54) is 37.7 Å². The molecule has 5 heteroatoms. The van der Waals surface area contributed by atoms with Crippen molar-refractivity contribution in [2.45, 2.75) is 51.4 Å². The SMILES string of the molecule is Cc1cc(C#N)nc(C)c1C(=O)N1CC2CN(CCC3(c4ccccc4)CCCC3)CC2C1. The van der Waals surface area contributed by atoms with Crippen LogP contribution >= 0.6 is 0 Å². The summed E-state index contributed by atoms with van der Waals surface area (Å²) in [6.45, 7) is 8.78. The van der Waals surface area contributed by atoms with E-state index in [0.717, 1.165) is 38.3 Å². The van der Waals surface area contributed by atoms with Crippen molar-refractivity contribution in [3.63, 3.8) is 0 Å². The van der Waals surface area contributed by atoms with Crippen LogP contribution in [0.4, 0.5) is 0 Å². The Balaban J connectivity index is 1.20. The lowest BCUT2D eigenvalue weighted by Crippen LogP contribution is -2.36. The summed E-state index contributed by atoms with van der Waals surface area (Å²) in [5.41, 5.74) is 4.46. The maximum absolute atomic E-state index is 13.3. The fourth-order valence-corrected chi connectivity index (χ4v) is 6.71. The quantitative estimate of drug-likeness (QED) is 0.685. The molecule has 1 amide bonds. The number of nitrogens with zero attached hydrogens (tertiary/aromatic N) is 4. The lowest BCUT2D eigenvalue weighted by atomic mass is 9.76. The fraction of sp³-hybridized carbons (Fsp3) is 0.536. The molecule has 5 rings (SSSR count). The molecule has 0 spiro atoms. The van der Waals surface area contributed by atoms with Gasteiger partial charge in [-0.25, -0.2) is 4.98 Å². The summed E-state index contributed by atoms with van der Waals surface area (Å²) in [7, 11) is 0. The van der Waals surface area contributed by atoms with Crippen LogP contribution in [0.5, 0.6) is 0 Å². The third-order valence-corrected chi connectivity index (χ3v) is 8.43. The molecule has 5 nitrogen and oxygen atoms in total. The molecule has 3 heterocycles. The van der Waals surface area contributed by atoms with Gasteiger partial charge < -0.3 is 9.80 Å². The first-order valence-corrected chi connectivity index (χ1v) is 12.4. The van der Waals surface area contributed by atoms with Gasteiger partial charge in [0.05, 0.1) is 11.3 Å². The van der Waals surface area contributed by atoms with Gasteiger partial charge in [-0.1, -0.05) is 43.2 Å². The Labute approximate surface area is 197 Å². The van der Waals surface area contributed by atoms with Crippen LogP contribution in [0.3, 0.4) is 0 Å². The fourth-order valence-electron chi connectivity index (χ4n) is 6.71. The number of hydrogen-bond acceptors (Lipinski definition) is 4. The van der Waals surface area contributed by atoms with Gasteiger partial charge >= 0.3 is 0 Å². The third-order valence-electron chi connectivity index (χ3n) is 8.43. The molecule has 2 aliphatic heterocycles. The molecule has 3 aliphatic rings. The van der Waals surface area contributed by atoms with Crippen LogP contribution in [0.2, 0.25) is 0 Å². The normalized spacial score (nSPS) is 24.1. The number of pyridine rings is 1. The average Bonchev–Trinajstić information content (AvgIpc) is 3.53. The van der Waals surface area contributed by atoms with Crippen LogP contribution in [0, 0.1) is 37.0 Å². The lowest BCUT2D eigenvalue weighted by molar-refractivity contribution is 0.0771. The second-order valence-corrected chi connectivity index (χ2v) is 10.5. The van der Waals surface area contributed by atoms with Gasteiger partial charge in [0, 0.05) is 26.2 Å². The number of nitriles is 1. The van der Waals surface area contributed by atoms with E-state index in [9.17, 15) is 4.79 Å². The molecular weight excluding hydrogens is 408 g/mol. The van der Waals surface area contributed by atoms with Crippen molar-refractivity contribution in [3.8, 4) is 6.07 Å². The smallest absolute Gasteiger partial charge is 0.255 e. The minimum Gasteiger partial charge on any atom is -0.338 e. The molecule has 0 radical (unpaired) electrons. The number of likely N-dealkylation sites (tertiary alicyclic amines) is 2. The Morgan fingerprint density at radius 2 is 1.76 bits per heavy atom. The van der Waals surface area contributed by atoms with Crippen molar-refractivity contribution in [3.05, 3.63) is 64.5 Å². The van der Waals surface area contributed by atoms with Gasteiger partial charge in [0.2, 0.25) is 0 Å². The summed E-state index contributed by atoms with van der Waals surface area (Å²) in [4.78, 5) is 22.3. The number of rotatable bonds is 5. The van der Waals surface area contributed by atoms with Crippen LogP contribution < -0.4 is 0 Å². The van der Waals surface area contributed by atoms with Gasteiger partial charge in [-0.3, -0.25) is 4.79 Å². The molecule has 3 fully saturated rings. The van der Waals surface area contributed by atoms with Crippen LogP contribution in [0.25, 0.3) is 0 Å². The maximum atomic E-state index is 13.3. The zero-order valence-electron chi connectivity index (χ0n) is 19.9. The van der Waals surface area contributed by atoms with Crippen LogP contribution in [0.15, 0.2) is 36.4 Å². The van der Waals surface area contributed by atoms with E-state index in [2.05, 4.69) is 46.3 Å². The Morgan fingerprint density at radius 3 is 2.36 bits per heavy atom. The highest BCUT2D eigenvalue weighted by atomic mass is 16.2. The standard InChI is InChI=1S/C28H34N4O/c1-20-14-25(15-29)30-21(2)26(20)27(33)32-18-22-16-31(17-23(22)19-32)13-12-28(10-6-7-11-28)24-8-4-3-5-9-24/h3-5,8-9,14,22-23H,6-7,10-13,16-19H2,1-2H3. The molecular formula is C28H34N4O. The highest BCUT2D eigenvalue weighted by Gasteiger charge is 2.43. The molecule has 2 unspecified atom stereocenters. The van der Waals surface area contributed by atoms with Crippen molar-refractivity contribution in [1.29, 1.82) is 5.26 Å². The zero-order chi connectivity index (χ0) is 23.0. The van der Waals surface area contributed by atoms with Gasteiger partial charge in [0.15, 0.2) is 0 Å². The molecule has 1 aromatic heterocycles. The molecule has 2 saturated heterocycles. The first-order valence-electron chi connectivity index (χ1n) is 12.4. The number of carbonyl (C=O) groups is 1.